The minimum atomic E-state index is -0.171. The molecule has 2 amide bonds. The first-order chi connectivity index (χ1) is 11.0. The van der Waals surface area contributed by atoms with Crippen LogP contribution in [0.4, 0.5) is 5.69 Å². The molecule has 1 fully saturated rings. The lowest BCUT2D eigenvalue weighted by Crippen LogP contribution is -2.37. The quantitative estimate of drug-likeness (QED) is 0.898. The number of anilines is 1. The second kappa shape index (κ2) is 6.54. The zero-order chi connectivity index (χ0) is 16.4. The van der Waals surface area contributed by atoms with Crippen molar-refractivity contribution in [3.05, 3.63) is 64.1 Å². The number of hydrogen-bond donors (Lipinski definition) is 1. The van der Waals surface area contributed by atoms with E-state index in [9.17, 15) is 9.59 Å². The smallest absolute Gasteiger partial charge is 0.251 e. The molecule has 0 aromatic heterocycles. The van der Waals surface area contributed by atoms with E-state index in [1.165, 1.54) is 0 Å². The Kier molecular flexibility index (Phi) is 4.48. The van der Waals surface area contributed by atoms with Crippen molar-refractivity contribution in [3.63, 3.8) is 0 Å². The van der Waals surface area contributed by atoms with Crippen molar-refractivity contribution in [1.29, 1.82) is 0 Å². The van der Waals surface area contributed by atoms with E-state index in [2.05, 4.69) is 21.2 Å². The number of nitrogens with zero attached hydrogens (tertiary/aromatic N) is 1. The average molecular weight is 373 g/mol. The van der Waals surface area contributed by atoms with Crippen LogP contribution < -0.4 is 10.2 Å². The summed E-state index contributed by atoms with van der Waals surface area (Å²) < 4.78 is 0.855. The van der Waals surface area contributed by atoms with Crippen LogP contribution in [-0.2, 0) is 4.79 Å². The molecule has 0 radical (unpaired) electrons. The van der Waals surface area contributed by atoms with Gasteiger partial charge in [-0.25, -0.2) is 0 Å². The van der Waals surface area contributed by atoms with Gasteiger partial charge < -0.3 is 10.2 Å². The Morgan fingerprint density at radius 1 is 1.22 bits per heavy atom. The van der Waals surface area contributed by atoms with Crippen LogP contribution in [-0.4, -0.2) is 24.4 Å². The minimum Gasteiger partial charge on any atom is -0.347 e. The molecule has 1 heterocycles. The number of carbonyl (C=O) groups excluding carboxylic acids is 2. The van der Waals surface area contributed by atoms with Gasteiger partial charge in [0.25, 0.3) is 5.91 Å². The summed E-state index contributed by atoms with van der Waals surface area (Å²) in [6.07, 6.45) is 0.327. The molecule has 3 rings (SSSR count). The van der Waals surface area contributed by atoms with Crippen LogP contribution in [0.5, 0.6) is 0 Å². The van der Waals surface area contributed by atoms with Gasteiger partial charge in [-0.05, 0) is 37.3 Å². The van der Waals surface area contributed by atoms with Gasteiger partial charge in [0, 0.05) is 28.7 Å². The van der Waals surface area contributed by atoms with E-state index in [-0.39, 0.29) is 17.9 Å². The van der Waals surface area contributed by atoms with E-state index in [4.69, 9.17) is 0 Å². The Morgan fingerprint density at radius 2 is 1.96 bits per heavy atom. The SMILES string of the molecule is Cc1ccc(N2C[C@@H](NC(=O)c3cccc(Br)c3)CC2=O)cc1. The number of benzene rings is 2. The Bertz CT molecular complexity index is 743. The highest BCUT2D eigenvalue weighted by molar-refractivity contribution is 9.10. The first-order valence-electron chi connectivity index (χ1n) is 7.46. The van der Waals surface area contributed by atoms with E-state index in [0.717, 1.165) is 15.7 Å². The molecule has 4 nitrogen and oxygen atoms in total. The van der Waals surface area contributed by atoms with Gasteiger partial charge in [-0.3, -0.25) is 9.59 Å². The molecule has 1 N–H and O–H groups in total. The van der Waals surface area contributed by atoms with Crippen LogP contribution >= 0.6 is 15.9 Å². The first-order valence-corrected chi connectivity index (χ1v) is 8.26. The molecule has 0 unspecified atom stereocenters. The van der Waals surface area contributed by atoms with E-state index < -0.39 is 0 Å². The van der Waals surface area contributed by atoms with Gasteiger partial charge in [0.15, 0.2) is 0 Å². The van der Waals surface area contributed by atoms with Crippen molar-refractivity contribution < 1.29 is 9.59 Å². The largest absolute Gasteiger partial charge is 0.347 e. The molecule has 1 aliphatic heterocycles. The highest BCUT2D eigenvalue weighted by Crippen LogP contribution is 2.22. The molecule has 2 aromatic rings. The molecule has 2 aromatic carbocycles. The molecule has 23 heavy (non-hydrogen) atoms. The van der Waals surface area contributed by atoms with Crippen molar-refractivity contribution in [2.75, 3.05) is 11.4 Å². The molecule has 0 saturated carbocycles. The third-order valence-electron chi connectivity index (χ3n) is 3.89. The number of carbonyl (C=O) groups is 2. The molecule has 0 bridgehead atoms. The number of hydrogen-bond acceptors (Lipinski definition) is 2. The normalized spacial score (nSPS) is 17.4. The van der Waals surface area contributed by atoms with Crippen LogP contribution in [0.15, 0.2) is 53.0 Å². The monoisotopic (exact) mass is 372 g/mol. The van der Waals surface area contributed by atoms with Gasteiger partial charge in [-0.1, -0.05) is 39.7 Å². The molecule has 5 heteroatoms. The number of rotatable bonds is 3. The van der Waals surface area contributed by atoms with Crippen molar-refractivity contribution >= 4 is 33.4 Å². The summed E-state index contributed by atoms with van der Waals surface area (Å²) in [5.74, 6) is -0.122. The topological polar surface area (TPSA) is 49.4 Å². The maximum Gasteiger partial charge on any atom is 0.251 e. The predicted octanol–water partition coefficient (Wildman–Crippen LogP) is 3.29. The zero-order valence-corrected chi connectivity index (χ0v) is 14.3. The maximum absolute atomic E-state index is 12.3. The molecule has 1 atom stereocenters. The first kappa shape index (κ1) is 15.7. The van der Waals surface area contributed by atoms with Crippen molar-refractivity contribution in [2.24, 2.45) is 0 Å². The van der Waals surface area contributed by atoms with Gasteiger partial charge in [0.05, 0.1) is 6.04 Å². The standard InChI is InChI=1S/C18H17BrN2O2/c1-12-5-7-16(8-6-12)21-11-15(10-17(21)22)20-18(23)13-3-2-4-14(19)9-13/h2-9,15H,10-11H2,1H3,(H,20,23)/t15-/m0/s1. The second-order valence-electron chi connectivity index (χ2n) is 5.72. The molecule has 118 valence electrons. The summed E-state index contributed by atoms with van der Waals surface area (Å²) >= 11 is 3.36. The Hall–Kier alpha value is -2.14. The summed E-state index contributed by atoms with van der Waals surface area (Å²) in [4.78, 5) is 26.2. The average Bonchev–Trinajstić information content (AvgIpc) is 2.88. The highest BCUT2D eigenvalue weighted by atomic mass is 79.9. The third-order valence-corrected chi connectivity index (χ3v) is 4.39. The van der Waals surface area contributed by atoms with Crippen LogP contribution in [0, 0.1) is 6.92 Å². The number of halogens is 1. The van der Waals surface area contributed by atoms with E-state index >= 15 is 0 Å². The van der Waals surface area contributed by atoms with Crippen molar-refractivity contribution in [1.82, 2.24) is 5.32 Å². The van der Waals surface area contributed by atoms with Gasteiger partial charge in [0.1, 0.15) is 0 Å². The van der Waals surface area contributed by atoms with Crippen LogP contribution in [0.25, 0.3) is 0 Å². The Balaban J connectivity index is 1.68. The predicted molar refractivity (Wildman–Crippen MR) is 93.5 cm³/mol. The van der Waals surface area contributed by atoms with Gasteiger partial charge >= 0.3 is 0 Å². The zero-order valence-electron chi connectivity index (χ0n) is 12.8. The van der Waals surface area contributed by atoms with Crippen LogP contribution in [0.2, 0.25) is 0 Å². The van der Waals surface area contributed by atoms with E-state index in [0.29, 0.717) is 18.5 Å². The molecule has 1 aliphatic rings. The fraction of sp³-hybridized carbons (Fsp3) is 0.222. The highest BCUT2D eigenvalue weighted by Gasteiger charge is 2.31. The maximum atomic E-state index is 12.3. The van der Waals surface area contributed by atoms with Gasteiger partial charge in [-0.15, -0.1) is 0 Å². The Labute approximate surface area is 143 Å². The third kappa shape index (κ3) is 3.62. The van der Waals surface area contributed by atoms with Crippen LogP contribution in [0.1, 0.15) is 22.3 Å². The molecular weight excluding hydrogens is 356 g/mol. The summed E-state index contributed by atoms with van der Waals surface area (Å²) in [6, 6.07) is 14.9. The summed E-state index contributed by atoms with van der Waals surface area (Å²) in [7, 11) is 0. The van der Waals surface area contributed by atoms with E-state index in [1.54, 1.807) is 17.0 Å². The summed E-state index contributed by atoms with van der Waals surface area (Å²) in [6.45, 7) is 2.51. The number of amides is 2. The Morgan fingerprint density at radius 3 is 2.65 bits per heavy atom. The lowest BCUT2D eigenvalue weighted by atomic mass is 10.2. The summed E-state index contributed by atoms with van der Waals surface area (Å²) in [5, 5.41) is 2.94. The van der Waals surface area contributed by atoms with Crippen LogP contribution in [0.3, 0.4) is 0 Å². The van der Waals surface area contributed by atoms with E-state index in [1.807, 2.05) is 43.3 Å². The van der Waals surface area contributed by atoms with Gasteiger partial charge in [-0.2, -0.15) is 0 Å². The van der Waals surface area contributed by atoms with Crippen molar-refractivity contribution in [2.45, 2.75) is 19.4 Å². The molecule has 0 spiro atoms. The number of aryl methyl sites for hydroxylation is 1. The molecule has 1 saturated heterocycles. The lowest BCUT2D eigenvalue weighted by Gasteiger charge is -2.17. The molecular formula is C18H17BrN2O2. The second-order valence-corrected chi connectivity index (χ2v) is 6.64. The lowest BCUT2D eigenvalue weighted by molar-refractivity contribution is -0.117. The van der Waals surface area contributed by atoms with Crippen molar-refractivity contribution in [3.8, 4) is 0 Å². The fourth-order valence-electron chi connectivity index (χ4n) is 2.68. The minimum absolute atomic E-state index is 0.0356. The summed E-state index contributed by atoms with van der Waals surface area (Å²) in [5.41, 5.74) is 2.61. The van der Waals surface area contributed by atoms with Gasteiger partial charge in [0.2, 0.25) is 5.91 Å². The molecule has 0 aliphatic carbocycles. The fourth-order valence-corrected chi connectivity index (χ4v) is 3.08. The number of nitrogens with one attached hydrogen (secondary N) is 1.